The highest BCUT2D eigenvalue weighted by atomic mass is 16.6. The van der Waals surface area contributed by atoms with Gasteiger partial charge >= 0.3 is 0 Å². The molecule has 1 saturated heterocycles. The molecule has 10 heteroatoms. The summed E-state index contributed by atoms with van der Waals surface area (Å²) in [5.41, 5.74) is 2.41. The van der Waals surface area contributed by atoms with Crippen molar-refractivity contribution in [2.75, 3.05) is 19.0 Å². The monoisotopic (exact) mass is 449 g/mol. The standard InChI is InChI=1S/C23H23N5O5/c1-15-13-26(14-24-15)19-10-5-16(12-21(19)33-2)23(30)27-11-3-4-20(27)22(29)25-17-6-8-18(9-7-17)28(31)32/h5-10,12-14,20H,3-4,11H2,1-2H3,(H,25,29)/t20-/m0/s1. The summed E-state index contributed by atoms with van der Waals surface area (Å²) in [6.07, 6.45) is 4.77. The van der Waals surface area contributed by atoms with Crippen LogP contribution in [-0.2, 0) is 4.79 Å². The first-order valence-corrected chi connectivity index (χ1v) is 10.4. The van der Waals surface area contributed by atoms with Gasteiger partial charge in [0.15, 0.2) is 0 Å². The first-order chi connectivity index (χ1) is 15.9. The molecule has 2 amide bonds. The van der Waals surface area contributed by atoms with Crippen molar-refractivity contribution in [3.8, 4) is 11.4 Å². The van der Waals surface area contributed by atoms with Gasteiger partial charge in [-0.05, 0) is 50.1 Å². The van der Waals surface area contributed by atoms with Gasteiger partial charge in [0.25, 0.3) is 11.6 Å². The van der Waals surface area contributed by atoms with Crippen molar-refractivity contribution in [1.82, 2.24) is 14.5 Å². The summed E-state index contributed by atoms with van der Waals surface area (Å²) >= 11 is 0. The number of hydrogen-bond acceptors (Lipinski definition) is 6. The van der Waals surface area contributed by atoms with Gasteiger partial charge in [0, 0.05) is 36.1 Å². The minimum absolute atomic E-state index is 0.0612. The van der Waals surface area contributed by atoms with Crippen molar-refractivity contribution < 1.29 is 19.2 Å². The number of nitro groups is 1. The summed E-state index contributed by atoms with van der Waals surface area (Å²) in [7, 11) is 1.53. The van der Waals surface area contributed by atoms with Crippen LogP contribution in [0.4, 0.5) is 11.4 Å². The van der Waals surface area contributed by atoms with E-state index in [1.54, 1.807) is 29.4 Å². The minimum atomic E-state index is -0.630. The number of amides is 2. The highest BCUT2D eigenvalue weighted by molar-refractivity contribution is 6.02. The van der Waals surface area contributed by atoms with Crippen LogP contribution in [0.5, 0.6) is 5.75 Å². The maximum absolute atomic E-state index is 13.3. The normalized spacial score (nSPS) is 15.3. The summed E-state index contributed by atoms with van der Waals surface area (Å²) in [6.45, 7) is 2.35. The quantitative estimate of drug-likeness (QED) is 0.455. The summed E-state index contributed by atoms with van der Waals surface area (Å²) in [5, 5.41) is 13.6. The summed E-state index contributed by atoms with van der Waals surface area (Å²) in [4.78, 5) is 42.2. The fourth-order valence-electron chi connectivity index (χ4n) is 3.92. The molecule has 1 aliphatic heterocycles. The number of imidazole rings is 1. The largest absolute Gasteiger partial charge is 0.495 e. The van der Waals surface area contributed by atoms with Crippen LogP contribution in [0.1, 0.15) is 28.9 Å². The first-order valence-electron chi connectivity index (χ1n) is 10.4. The molecule has 0 saturated carbocycles. The molecule has 170 valence electrons. The molecule has 0 bridgehead atoms. The molecular formula is C23H23N5O5. The molecule has 1 N–H and O–H groups in total. The SMILES string of the molecule is COc1cc(C(=O)N2CCC[C@H]2C(=O)Nc2ccc([N+](=O)[O-])cc2)ccc1-n1cnc(C)c1. The highest BCUT2D eigenvalue weighted by Gasteiger charge is 2.35. The van der Waals surface area contributed by atoms with Crippen molar-refractivity contribution in [2.45, 2.75) is 25.8 Å². The minimum Gasteiger partial charge on any atom is -0.495 e. The van der Waals surface area contributed by atoms with Crippen molar-refractivity contribution >= 4 is 23.2 Å². The van der Waals surface area contributed by atoms with Crippen molar-refractivity contribution in [3.05, 3.63) is 76.4 Å². The van der Waals surface area contributed by atoms with Gasteiger partial charge in [-0.2, -0.15) is 0 Å². The predicted octanol–water partition coefficient (Wildman–Crippen LogP) is 3.34. The van der Waals surface area contributed by atoms with E-state index in [1.807, 2.05) is 17.7 Å². The van der Waals surface area contributed by atoms with Crippen LogP contribution >= 0.6 is 0 Å². The van der Waals surface area contributed by atoms with E-state index in [9.17, 15) is 19.7 Å². The fraction of sp³-hybridized carbons (Fsp3) is 0.261. The Bertz CT molecular complexity index is 1200. The van der Waals surface area contributed by atoms with Crippen molar-refractivity contribution in [2.24, 2.45) is 0 Å². The smallest absolute Gasteiger partial charge is 0.269 e. The van der Waals surface area contributed by atoms with E-state index in [-0.39, 0.29) is 17.5 Å². The zero-order chi connectivity index (χ0) is 23.5. The Labute approximate surface area is 189 Å². The predicted molar refractivity (Wildman–Crippen MR) is 121 cm³/mol. The van der Waals surface area contributed by atoms with Crippen LogP contribution in [0.15, 0.2) is 55.0 Å². The number of methoxy groups -OCH3 is 1. The fourth-order valence-corrected chi connectivity index (χ4v) is 3.92. The summed E-state index contributed by atoms with van der Waals surface area (Å²) in [5.74, 6) is -0.0699. The molecule has 1 aliphatic rings. The van der Waals surface area contributed by atoms with E-state index >= 15 is 0 Å². The third-order valence-electron chi connectivity index (χ3n) is 5.58. The lowest BCUT2D eigenvalue weighted by Gasteiger charge is -2.24. The number of nitrogens with zero attached hydrogens (tertiary/aromatic N) is 4. The number of hydrogen-bond donors (Lipinski definition) is 1. The molecular weight excluding hydrogens is 426 g/mol. The molecule has 2 aromatic carbocycles. The number of aryl methyl sites for hydroxylation is 1. The number of benzene rings is 2. The molecule has 0 aliphatic carbocycles. The molecule has 1 aromatic heterocycles. The van der Waals surface area contributed by atoms with E-state index in [0.717, 1.165) is 11.4 Å². The van der Waals surface area contributed by atoms with Gasteiger partial charge in [0.2, 0.25) is 5.91 Å². The topological polar surface area (TPSA) is 120 Å². The zero-order valence-electron chi connectivity index (χ0n) is 18.2. The van der Waals surface area contributed by atoms with Crippen LogP contribution in [0.2, 0.25) is 0 Å². The van der Waals surface area contributed by atoms with Gasteiger partial charge in [-0.25, -0.2) is 4.98 Å². The average Bonchev–Trinajstić information content (AvgIpc) is 3.48. The Morgan fingerprint density at radius 1 is 1.21 bits per heavy atom. The Kier molecular flexibility index (Phi) is 6.07. The van der Waals surface area contributed by atoms with Gasteiger partial charge in [0.1, 0.15) is 11.8 Å². The maximum atomic E-state index is 13.3. The first kappa shape index (κ1) is 22.0. The molecule has 33 heavy (non-hydrogen) atoms. The zero-order valence-corrected chi connectivity index (χ0v) is 18.2. The lowest BCUT2D eigenvalue weighted by molar-refractivity contribution is -0.384. The number of non-ortho nitro benzene ring substituents is 1. The van der Waals surface area contributed by atoms with E-state index in [1.165, 1.54) is 31.4 Å². The molecule has 0 spiro atoms. The molecule has 1 fully saturated rings. The molecule has 0 radical (unpaired) electrons. The molecule has 10 nitrogen and oxygen atoms in total. The molecule has 4 rings (SSSR count). The lowest BCUT2D eigenvalue weighted by Crippen LogP contribution is -2.43. The number of nitro benzene ring substituents is 1. The van der Waals surface area contributed by atoms with Gasteiger partial charge in [-0.15, -0.1) is 0 Å². The Hall–Kier alpha value is -4.21. The maximum Gasteiger partial charge on any atom is 0.269 e. The number of nitrogens with one attached hydrogen (secondary N) is 1. The van der Waals surface area contributed by atoms with E-state index in [0.29, 0.717) is 36.4 Å². The second-order valence-corrected chi connectivity index (χ2v) is 7.76. The van der Waals surface area contributed by atoms with Gasteiger partial charge in [0.05, 0.1) is 29.7 Å². The number of likely N-dealkylation sites (tertiary alicyclic amines) is 1. The number of carbonyl (C=O) groups is 2. The van der Waals surface area contributed by atoms with Gasteiger partial charge in [-0.1, -0.05) is 0 Å². The Morgan fingerprint density at radius 2 is 1.97 bits per heavy atom. The van der Waals surface area contributed by atoms with E-state index < -0.39 is 11.0 Å². The Morgan fingerprint density at radius 3 is 2.61 bits per heavy atom. The van der Waals surface area contributed by atoms with Crippen molar-refractivity contribution in [1.29, 1.82) is 0 Å². The number of rotatable bonds is 6. The van der Waals surface area contributed by atoms with Crippen LogP contribution < -0.4 is 10.1 Å². The second kappa shape index (κ2) is 9.11. The van der Waals surface area contributed by atoms with Crippen LogP contribution in [0, 0.1) is 17.0 Å². The third kappa shape index (κ3) is 4.54. The van der Waals surface area contributed by atoms with Gasteiger partial charge < -0.3 is 19.5 Å². The molecule has 2 heterocycles. The Balaban J connectivity index is 1.51. The number of anilines is 1. The number of carbonyl (C=O) groups excluding carboxylic acids is 2. The van der Waals surface area contributed by atoms with Gasteiger partial charge in [-0.3, -0.25) is 19.7 Å². The molecule has 1 atom stereocenters. The number of aromatic nitrogens is 2. The van der Waals surface area contributed by atoms with Crippen LogP contribution in [0.3, 0.4) is 0 Å². The summed E-state index contributed by atoms with van der Waals surface area (Å²) in [6, 6.07) is 10.1. The molecule has 0 unspecified atom stereocenters. The average molecular weight is 449 g/mol. The van der Waals surface area contributed by atoms with E-state index in [4.69, 9.17) is 4.74 Å². The second-order valence-electron chi connectivity index (χ2n) is 7.76. The lowest BCUT2D eigenvalue weighted by atomic mass is 10.1. The molecule has 3 aromatic rings. The third-order valence-corrected chi connectivity index (χ3v) is 5.58. The van der Waals surface area contributed by atoms with E-state index in [2.05, 4.69) is 10.3 Å². The van der Waals surface area contributed by atoms with Crippen LogP contribution in [0.25, 0.3) is 5.69 Å². The van der Waals surface area contributed by atoms with Crippen molar-refractivity contribution in [3.63, 3.8) is 0 Å². The highest BCUT2D eigenvalue weighted by Crippen LogP contribution is 2.28. The van der Waals surface area contributed by atoms with Crippen LogP contribution in [-0.4, -0.2) is 50.9 Å². The summed E-state index contributed by atoms with van der Waals surface area (Å²) < 4.78 is 7.31. The number of ether oxygens (including phenoxy) is 1.